The van der Waals surface area contributed by atoms with Crippen molar-refractivity contribution in [2.75, 3.05) is 5.73 Å². The number of anilines is 1. The Kier molecular flexibility index (Phi) is 12.7. The van der Waals surface area contributed by atoms with E-state index in [0.717, 1.165) is 63.4 Å². The Labute approximate surface area is 264 Å². The monoisotopic (exact) mass is 614 g/mol. The second kappa shape index (κ2) is 16.0. The van der Waals surface area contributed by atoms with Crippen molar-refractivity contribution in [2.24, 2.45) is 29.1 Å². The van der Waals surface area contributed by atoms with Crippen molar-refractivity contribution in [1.82, 2.24) is 4.98 Å². The fourth-order valence-corrected chi connectivity index (χ4v) is 8.79. The van der Waals surface area contributed by atoms with E-state index in [1.54, 1.807) is 6.20 Å². The molecule has 0 amide bonds. The van der Waals surface area contributed by atoms with Crippen LogP contribution in [0.3, 0.4) is 0 Å². The van der Waals surface area contributed by atoms with E-state index >= 15 is 0 Å². The minimum Gasteiger partial charge on any atom is -0.481 e. The number of allylic oxidation sites excluding steroid dienone is 1. The molecule has 0 saturated heterocycles. The molecule has 248 valence electrons. The van der Waals surface area contributed by atoms with Gasteiger partial charge in [-0.1, -0.05) is 70.4 Å². The van der Waals surface area contributed by atoms with Crippen LogP contribution in [0.15, 0.2) is 30.5 Å². The number of rotatable bonds is 17. The van der Waals surface area contributed by atoms with Crippen molar-refractivity contribution >= 4 is 11.8 Å². The first-order valence-corrected chi connectivity index (χ1v) is 17.5. The molecular weight excluding hydrogens is 556 g/mol. The number of hydrogen-bond acceptors (Lipinski definition) is 7. The van der Waals surface area contributed by atoms with Gasteiger partial charge in [0.2, 0.25) is 0 Å². The number of pyridine rings is 1. The topological polar surface area (TPSA) is 157 Å². The number of aliphatic hydroxyl groups excluding tert-OH is 3. The maximum Gasteiger partial charge on any atom is 0.309 e. The van der Waals surface area contributed by atoms with Crippen LogP contribution in [-0.4, -0.2) is 60.4 Å². The zero-order valence-corrected chi connectivity index (χ0v) is 26.8. The zero-order valence-electron chi connectivity index (χ0n) is 26.8. The number of aliphatic carboxylic acids is 1. The van der Waals surface area contributed by atoms with E-state index in [-0.39, 0.29) is 36.2 Å². The molecule has 1 aromatic heterocycles. The molecule has 1 aromatic rings. The molecule has 8 heteroatoms. The molecule has 0 bridgehead atoms. The van der Waals surface area contributed by atoms with Crippen LogP contribution in [0.25, 0.3) is 0 Å². The molecule has 4 rings (SSSR count). The number of nitrogen functional groups attached to an aromatic ring is 1. The van der Waals surface area contributed by atoms with Gasteiger partial charge < -0.3 is 31.3 Å². The van der Waals surface area contributed by atoms with Gasteiger partial charge in [0, 0.05) is 17.5 Å². The number of nitrogens with two attached hydrogens (primary N) is 1. The Morgan fingerprint density at radius 3 is 2.50 bits per heavy atom. The van der Waals surface area contributed by atoms with Gasteiger partial charge in [0.05, 0.1) is 29.8 Å². The van der Waals surface area contributed by atoms with Gasteiger partial charge in [-0.25, -0.2) is 4.98 Å². The standard InChI is InChI=1S/C36H58N2O6/c1-2-3-5-10-25-13-14-27(31(40)22-25)11-6-4-7-12-29(33(41)42)30(39)15-19-36(44)24-28(21-26-16-20-38-32(37)23-26)35(34(36)43)17-8-9-18-35/h13-14,16,20,23,25,27-31,34,39-40,43-44H,2-12,15,17-19,21-22,24H2,1H3,(H2,37,38)(H,41,42). The van der Waals surface area contributed by atoms with E-state index in [0.29, 0.717) is 37.4 Å². The smallest absolute Gasteiger partial charge is 0.309 e. The van der Waals surface area contributed by atoms with Crippen molar-refractivity contribution in [3.8, 4) is 0 Å². The summed E-state index contributed by atoms with van der Waals surface area (Å²) in [6, 6.07) is 3.79. The lowest BCUT2D eigenvalue weighted by atomic mass is 9.72. The lowest BCUT2D eigenvalue weighted by Gasteiger charge is -2.37. The first kappa shape index (κ1) is 34.9. The summed E-state index contributed by atoms with van der Waals surface area (Å²) in [7, 11) is 0. The first-order valence-electron chi connectivity index (χ1n) is 17.5. The molecule has 2 fully saturated rings. The van der Waals surface area contributed by atoms with Crippen LogP contribution >= 0.6 is 0 Å². The van der Waals surface area contributed by atoms with E-state index < -0.39 is 29.7 Å². The second-order valence-corrected chi connectivity index (χ2v) is 14.4. The van der Waals surface area contributed by atoms with E-state index in [1.165, 1.54) is 19.3 Å². The summed E-state index contributed by atoms with van der Waals surface area (Å²) in [5.41, 5.74) is 5.21. The van der Waals surface area contributed by atoms with Crippen LogP contribution in [-0.2, 0) is 11.2 Å². The molecule has 8 atom stereocenters. The van der Waals surface area contributed by atoms with Gasteiger partial charge in [-0.3, -0.25) is 4.79 Å². The molecule has 2 saturated carbocycles. The highest BCUT2D eigenvalue weighted by molar-refractivity contribution is 5.70. The highest BCUT2D eigenvalue weighted by atomic mass is 16.4. The third-order valence-electron chi connectivity index (χ3n) is 11.4. The predicted octanol–water partition coefficient (Wildman–Crippen LogP) is 5.80. The lowest BCUT2D eigenvalue weighted by molar-refractivity contribution is -0.147. The average Bonchev–Trinajstić information content (AvgIpc) is 3.55. The number of carboxylic acids is 1. The molecule has 0 radical (unpaired) electrons. The van der Waals surface area contributed by atoms with Crippen molar-refractivity contribution in [3.05, 3.63) is 36.0 Å². The molecule has 8 unspecified atom stereocenters. The molecule has 1 spiro atoms. The van der Waals surface area contributed by atoms with Crippen molar-refractivity contribution in [1.29, 1.82) is 0 Å². The summed E-state index contributed by atoms with van der Waals surface area (Å²) in [6.07, 6.45) is 18.3. The third kappa shape index (κ3) is 8.62. The predicted molar refractivity (Wildman–Crippen MR) is 173 cm³/mol. The number of carboxylic acid groups (broad SMARTS) is 1. The van der Waals surface area contributed by atoms with E-state index in [9.17, 15) is 30.3 Å². The summed E-state index contributed by atoms with van der Waals surface area (Å²) in [4.78, 5) is 16.2. The molecule has 8 nitrogen and oxygen atoms in total. The number of unbranched alkanes of at least 4 members (excludes halogenated alkanes) is 4. The molecule has 7 N–H and O–H groups in total. The summed E-state index contributed by atoms with van der Waals surface area (Å²) < 4.78 is 0. The molecule has 44 heavy (non-hydrogen) atoms. The van der Waals surface area contributed by atoms with Crippen LogP contribution in [0, 0.1) is 29.1 Å². The maximum absolute atomic E-state index is 12.1. The number of nitrogens with zero attached hydrogens (tertiary/aromatic N) is 1. The minimum atomic E-state index is -1.36. The molecule has 3 aliphatic rings. The maximum atomic E-state index is 12.1. The van der Waals surface area contributed by atoms with Crippen LogP contribution in [0.2, 0.25) is 0 Å². The Hall–Kier alpha value is -2.00. The van der Waals surface area contributed by atoms with Gasteiger partial charge in [0.15, 0.2) is 0 Å². The van der Waals surface area contributed by atoms with E-state index in [2.05, 4.69) is 24.1 Å². The number of aliphatic hydroxyl groups is 4. The largest absolute Gasteiger partial charge is 0.481 e. The quantitative estimate of drug-likeness (QED) is 0.0949. The van der Waals surface area contributed by atoms with Gasteiger partial charge in [-0.2, -0.15) is 0 Å². The van der Waals surface area contributed by atoms with Crippen LogP contribution < -0.4 is 5.73 Å². The number of aromatic nitrogens is 1. The fourth-order valence-electron chi connectivity index (χ4n) is 8.79. The summed E-state index contributed by atoms with van der Waals surface area (Å²) >= 11 is 0. The Morgan fingerprint density at radius 2 is 1.82 bits per heavy atom. The van der Waals surface area contributed by atoms with Crippen molar-refractivity contribution < 1.29 is 30.3 Å². The third-order valence-corrected chi connectivity index (χ3v) is 11.4. The van der Waals surface area contributed by atoms with E-state index in [1.807, 2.05) is 12.1 Å². The highest BCUT2D eigenvalue weighted by Crippen LogP contribution is 2.59. The minimum absolute atomic E-state index is 0.0729. The van der Waals surface area contributed by atoms with E-state index in [4.69, 9.17) is 5.73 Å². The first-order chi connectivity index (χ1) is 21.1. The highest BCUT2D eigenvalue weighted by Gasteiger charge is 2.61. The van der Waals surface area contributed by atoms with Crippen LogP contribution in [0.5, 0.6) is 0 Å². The molecule has 0 aliphatic heterocycles. The average molecular weight is 615 g/mol. The molecule has 3 aliphatic carbocycles. The molecule has 1 heterocycles. The summed E-state index contributed by atoms with van der Waals surface area (Å²) in [5.74, 6) is -0.754. The number of carbonyl (C=O) groups is 1. The zero-order chi connectivity index (χ0) is 31.7. The lowest BCUT2D eigenvalue weighted by Crippen LogP contribution is -2.45. The molecule has 0 aromatic carbocycles. The van der Waals surface area contributed by atoms with Gasteiger partial charge in [0.1, 0.15) is 5.82 Å². The second-order valence-electron chi connectivity index (χ2n) is 14.4. The van der Waals surface area contributed by atoms with Gasteiger partial charge in [0.25, 0.3) is 0 Å². The van der Waals surface area contributed by atoms with Crippen molar-refractivity contribution in [2.45, 2.75) is 146 Å². The van der Waals surface area contributed by atoms with Gasteiger partial charge >= 0.3 is 5.97 Å². The fraction of sp³-hybridized carbons (Fsp3) is 0.778. The Morgan fingerprint density at radius 1 is 1.07 bits per heavy atom. The van der Waals surface area contributed by atoms with Gasteiger partial charge in [-0.15, -0.1) is 0 Å². The molecular formula is C36H58N2O6. The number of hydrogen-bond donors (Lipinski definition) is 6. The summed E-state index contributed by atoms with van der Waals surface area (Å²) in [5, 5.41) is 54.8. The summed E-state index contributed by atoms with van der Waals surface area (Å²) in [6.45, 7) is 2.20. The Bertz CT molecular complexity index is 1070. The normalized spacial score (nSPS) is 31.0. The van der Waals surface area contributed by atoms with Crippen molar-refractivity contribution in [3.63, 3.8) is 0 Å². The SMILES string of the molecule is CCCCCC1C=CC(CCCCCC(C(=O)O)C(O)CCC2(O)CC(Cc3ccnc(N)c3)C3(CCCC3)C2O)C(O)C1. The van der Waals surface area contributed by atoms with Gasteiger partial charge in [-0.05, 0) is 93.7 Å². The van der Waals surface area contributed by atoms with Crippen LogP contribution in [0.4, 0.5) is 5.82 Å². The van der Waals surface area contributed by atoms with Crippen LogP contribution in [0.1, 0.15) is 122 Å². The Balaban J connectivity index is 1.24.